The standard InChI is InChI=1S/C10H15N3O2/c1-7-5-8(15-13-7)9(14)12-10(2)3-4-11-6-10/h5,11H,3-4,6H2,1-2H3,(H,12,14). The van der Waals surface area contributed by atoms with Crippen molar-refractivity contribution >= 4 is 5.91 Å². The molecule has 0 spiro atoms. The third-order valence-corrected chi connectivity index (χ3v) is 2.64. The number of carbonyl (C=O) groups excluding carboxylic acids is 1. The first-order chi connectivity index (χ1) is 7.09. The summed E-state index contributed by atoms with van der Waals surface area (Å²) in [6, 6.07) is 1.64. The van der Waals surface area contributed by atoms with Gasteiger partial charge in [-0.1, -0.05) is 5.16 Å². The molecule has 0 aromatic carbocycles. The van der Waals surface area contributed by atoms with Crippen molar-refractivity contribution in [2.45, 2.75) is 25.8 Å². The second kappa shape index (κ2) is 3.66. The Bertz CT molecular complexity index is 366. The Labute approximate surface area is 88.2 Å². The third kappa shape index (κ3) is 2.18. The Balaban J connectivity index is 2.03. The number of nitrogens with one attached hydrogen (secondary N) is 2. The van der Waals surface area contributed by atoms with E-state index in [0.29, 0.717) is 0 Å². The first kappa shape index (κ1) is 10.2. The number of hydrogen-bond donors (Lipinski definition) is 2. The van der Waals surface area contributed by atoms with E-state index < -0.39 is 0 Å². The molecule has 0 aliphatic carbocycles. The van der Waals surface area contributed by atoms with Crippen LogP contribution in [0.5, 0.6) is 0 Å². The van der Waals surface area contributed by atoms with E-state index in [1.807, 2.05) is 6.92 Å². The molecule has 1 atom stereocenters. The largest absolute Gasteiger partial charge is 0.351 e. The zero-order chi connectivity index (χ0) is 10.9. The molecule has 5 nitrogen and oxygen atoms in total. The van der Waals surface area contributed by atoms with E-state index in [9.17, 15) is 4.79 Å². The highest BCUT2D eigenvalue weighted by atomic mass is 16.5. The maximum Gasteiger partial charge on any atom is 0.290 e. The average molecular weight is 209 g/mol. The minimum absolute atomic E-state index is 0.169. The molecule has 0 radical (unpaired) electrons. The van der Waals surface area contributed by atoms with Gasteiger partial charge < -0.3 is 15.2 Å². The van der Waals surface area contributed by atoms with E-state index >= 15 is 0 Å². The van der Waals surface area contributed by atoms with Crippen LogP contribution in [-0.2, 0) is 0 Å². The lowest BCUT2D eigenvalue weighted by Gasteiger charge is -2.23. The topological polar surface area (TPSA) is 67.2 Å². The number of nitrogens with zero attached hydrogens (tertiary/aromatic N) is 1. The summed E-state index contributed by atoms with van der Waals surface area (Å²) < 4.78 is 4.90. The molecule has 15 heavy (non-hydrogen) atoms. The highest BCUT2D eigenvalue weighted by molar-refractivity contribution is 5.91. The van der Waals surface area contributed by atoms with E-state index in [4.69, 9.17) is 4.52 Å². The van der Waals surface area contributed by atoms with Gasteiger partial charge in [-0.2, -0.15) is 0 Å². The van der Waals surface area contributed by atoms with Crippen LogP contribution in [0.25, 0.3) is 0 Å². The van der Waals surface area contributed by atoms with Crippen LogP contribution in [0, 0.1) is 6.92 Å². The van der Waals surface area contributed by atoms with Gasteiger partial charge in [0.05, 0.1) is 11.2 Å². The summed E-state index contributed by atoms with van der Waals surface area (Å²) in [5.74, 6) is 0.0856. The number of aromatic nitrogens is 1. The predicted molar refractivity (Wildman–Crippen MR) is 54.6 cm³/mol. The second-order valence-electron chi connectivity index (χ2n) is 4.27. The van der Waals surface area contributed by atoms with Crippen molar-refractivity contribution in [3.63, 3.8) is 0 Å². The average Bonchev–Trinajstić information content (AvgIpc) is 2.75. The molecule has 2 rings (SSSR count). The monoisotopic (exact) mass is 209 g/mol. The van der Waals surface area contributed by atoms with Gasteiger partial charge in [-0.15, -0.1) is 0 Å². The van der Waals surface area contributed by atoms with Gasteiger partial charge in [-0.3, -0.25) is 4.79 Å². The maximum atomic E-state index is 11.7. The molecule has 82 valence electrons. The fourth-order valence-corrected chi connectivity index (χ4v) is 1.73. The Hall–Kier alpha value is -1.36. The van der Waals surface area contributed by atoms with Gasteiger partial charge in [0.25, 0.3) is 5.91 Å². The van der Waals surface area contributed by atoms with Crippen LogP contribution in [0.1, 0.15) is 29.6 Å². The lowest BCUT2D eigenvalue weighted by atomic mass is 10.0. The van der Waals surface area contributed by atoms with Gasteiger partial charge in [-0.25, -0.2) is 0 Å². The van der Waals surface area contributed by atoms with Crippen molar-refractivity contribution in [3.05, 3.63) is 17.5 Å². The van der Waals surface area contributed by atoms with Crippen LogP contribution < -0.4 is 10.6 Å². The molecular formula is C10H15N3O2. The first-order valence-corrected chi connectivity index (χ1v) is 5.06. The quantitative estimate of drug-likeness (QED) is 0.742. The Morgan fingerprint density at radius 3 is 3.07 bits per heavy atom. The number of hydrogen-bond acceptors (Lipinski definition) is 4. The van der Waals surface area contributed by atoms with E-state index in [0.717, 1.165) is 25.2 Å². The third-order valence-electron chi connectivity index (χ3n) is 2.64. The number of rotatable bonds is 2. The lowest BCUT2D eigenvalue weighted by Crippen LogP contribution is -2.47. The smallest absolute Gasteiger partial charge is 0.290 e. The van der Waals surface area contributed by atoms with E-state index in [-0.39, 0.29) is 17.2 Å². The van der Waals surface area contributed by atoms with E-state index in [2.05, 4.69) is 15.8 Å². The highest BCUT2D eigenvalue weighted by Crippen LogP contribution is 2.14. The predicted octanol–water partition coefficient (Wildman–Crippen LogP) is 0.465. The van der Waals surface area contributed by atoms with Gasteiger partial charge in [-0.05, 0) is 26.8 Å². The molecular weight excluding hydrogens is 194 g/mol. The molecule has 0 bridgehead atoms. The minimum atomic E-state index is -0.193. The van der Waals surface area contributed by atoms with E-state index in [1.165, 1.54) is 0 Å². The number of carbonyl (C=O) groups is 1. The Morgan fingerprint density at radius 1 is 1.73 bits per heavy atom. The van der Waals surface area contributed by atoms with Gasteiger partial charge >= 0.3 is 0 Å². The molecule has 1 saturated heterocycles. The molecule has 5 heteroatoms. The van der Waals surface area contributed by atoms with Gasteiger partial charge in [0.1, 0.15) is 0 Å². The first-order valence-electron chi connectivity index (χ1n) is 5.06. The van der Waals surface area contributed by atoms with Gasteiger partial charge in [0, 0.05) is 12.6 Å². The van der Waals surface area contributed by atoms with Crippen molar-refractivity contribution in [2.24, 2.45) is 0 Å². The van der Waals surface area contributed by atoms with Crippen LogP contribution in [0.4, 0.5) is 0 Å². The molecule has 0 saturated carbocycles. The van der Waals surface area contributed by atoms with Crippen molar-refractivity contribution in [1.82, 2.24) is 15.8 Å². The SMILES string of the molecule is Cc1cc(C(=O)NC2(C)CCNC2)on1. The summed E-state index contributed by atoms with van der Waals surface area (Å²) in [4.78, 5) is 11.7. The molecule has 1 aliphatic heterocycles. The molecule has 2 N–H and O–H groups in total. The summed E-state index contributed by atoms with van der Waals surface area (Å²) in [5, 5.41) is 9.85. The summed E-state index contributed by atoms with van der Waals surface area (Å²) in [6.07, 6.45) is 0.936. The van der Waals surface area contributed by atoms with Gasteiger partial charge in [0.15, 0.2) is 0 Å². The highest BCUT2D eigenvalue weighted by Gasteiger charge is 2.31. The molecule has 1 amide bonds. The van der Waals surface area contributed by atoms with Crippen LogP contribution in [-0.4, -0.2) is 29.7 Å². The normalized spacial score (nSPS) is 25.5. The van der Waals surface area contributed by atoms with Crippen LogP contribution in [0.2, 0.25) is 0 Å². The molecule has 1 aliphatic rings. The van der Waals surface area contributed by atoms with Crippen molar-refractivity contribution in [1.29, 1.82) is 0 Å². The number of amides is 1. The summed E-state index contributed by atoms with van der Waals surface area (Å²) in [7, 11) is 0. The molecule has 1 aromatic heterocycles. The summed E-state index contributed by atoms with van der Waals surface area (Å²) >= 11 is 0. The number of aryl methyl sites for hydroxylation is 1. The van der Waals surface area contributed by atoms with Crippen molar-refractivity contribution < 1.29 is 9.32 Å². The lowest BCUT2D eigenvalue weighted by molar-refractivity contribution is 0.0875. The zero-order valence-electron chi connectivity index (χ0n) is 8.96. The minimum Gasteiger partial charge on any atom is -0.351 e. The molecule has 1 unspecified atom stereocenters. The second-order valence-corrected chi connectivity index (χ2v) is 4.27. The van der Waals surface area contributed by atoms with Crippen LogP contribution in [0.3, 0.4) is 0 Å². The molecule has 1 fully saturated rings. The fourth-order valence-electron chi connectivity index (χ4n) is 1.73. The zero-order valence-corrected chi connectivity index (χ0v) is 8.96. The van der Waals surface area contributed by atoms with Crippen LogP contribution in [0.15, 0.2) is 10.6 Å². The van der Waals surface area contributed by atoms with Crippen LogP contribution >= 0.6 is 0 Å². The molecule has 1 aromatic rings. The Morgan fingerprint density at radius 2 is 2.53 bits per heavy atom. The Kier molecular flexibility index (Phi) is 2.48. The summed E-state index contributed by atoms with van der Waals surface area (Å²) in [6.45, 7) is 5.55. The summed E-state index contributed by atoms with van der Waals surface area (Å²) in [5.41, 5.74) is 0.549. The fraction of sp³-hybridized carbons (Fsp3) is 0.600. The van der Waals surface area contributed by atoms with Crippen molar-refractivity contribution in [2.75, 3.05) is 13.1 Å². The maximum absolute atomic E-state index is 11.7. The van der Waals surface area contributed by atoms with Gasteiger partial charge in [0.2, 0.25) is 5.76 Å². The van der Waals surface area contributed by atoms with E-state index in [1.54, 1.807) is 13.0 Å². The molecule has 2 heterocycles. The van der Waals surface area contributed by atoms with Crippen molar-refractivity contribution in [3.8, 4) is 0 Å².